The second-order valence-corrected chi connectivity index (χ2v) is 13.7. The van der Waals surface area contributed by atoms with E-state index in [4.69, 9.17) is 0 Å². The third-order valence-electron chi connectivity index (χ3n) is 9.35. The van der Waals surface area contributed by atoms with Crippen molar-refractivity contribution in [3.63, 3.8) is 0 Å². The Labute approximate surface area is 365 Å². The van der Waals surface area contributed by atoms with Gasteiger partial charge in [0.2, 0.25) is 0 Å². The Morgan fingerprint density at radius 3 is 1.70 bits per heavy atom. The van der Waals surface area contributed by atoms with E-state index in [1.165, 1.54) is 12.7 Å². The van der Waals surface area contributed by atoms with Crippen molar-refractivity contribution in [1.82, 2.24) is 29.9 Å². The first kappa shape index (κ1) is 41.2. The number of carbonyl (C=O) groups excluding carboxylic acids is 4. The van der Waals surface area contributed by atoms with Gasteiger partial charge in [0.05, 0.1) is 16.7 Å². The van der Waals surface area contributed by atoms with Crippen LogP contribution in [0.4, 0.5) is 46.0 Å². The minimum atomic E-state index is -0.435. The van der Waals surface area contributed by atoms with E-state index in [1.54, 1.807) is 135 Å². The van der Waals surface area contributed by atoms with Crippen molar-refractivity contribution in [2.45, 2.75) is 13.8 Å². The predicted molar refractivity (Wildman–Crippen MR) is 246 cm³/mol. The molecule has 0 atom stereocenters. The lowest BCUT2D eigenvalue weighted by molar-refractivity contribution is -0.112. The van der Waals surface area contributed by atoms with E-state index < -0.39 is 17.7 Å². The number of rotatable bonds is 11. The van der Waals surface area contributed by atoms with E-state index in [2.05, 4.69) is 85.5 Å². The van der Waals surface area contributed by atoms with Gasteiger partial charge in [0.1, 0.15) is 35.9 Å². The Morgan fingerprint density at radius 1 is 0.484 bits per heavy atom. The maximum atomic E-state index is 13.5. The van der Waals surface area contributed by atoms with E-state index in [-0.39, 0.29) is 5.91 Å². The summed E-state index contributed by atoms with van der Waals surface area (Å²) in [6.07, 6.45) is 4.42. The second-order valence-electron chi connectivity index (χ2n) is 13.7. The highest BCUT2D eigenvalue weighted by molar-refractivity contribution is 6.07. The van der Waals surface area contributed by atoms with Crippen LogP contribution in [-0.2, 0) is 9.59 Å². The van der Waals surface area contributed by atoms with Gasteiger partial charge in [-0.15, -0.1) is 0 Å². The molecule has 0 saturated heterocycles. The second kappa shape index (κ2) is 18.8. The molecule has 8 rings (SSSR count). The van der Waals surface area contributed by atoms with Gasteiger partial charge in [-0.3, -0.25) is 19.2 Å². The van der Waals surface area contributed by atoms with E-state index in [9.17, 15) is 19.2 Å². The summed E-state index contributed by atoms with van der Waals surface area (Å²) in [5, 5.41) is 19.0. The van der Waals surface area contributed by atoms with Crippen molar-refractivity contribution in [3.8, 4) is 34.9 Å². The number of benzene rings is 4. The van der Waals surface area contributed by atoms with Gasteiger partial charge in [-0.1, -0.05) is 24.0 Å². The lowest BCUT2D eigenvalue weighted by Crippen LogP contribution is -2.13. The van der Waals surface area contributed by atoms with Gasteiger partial charge in [-0.2, -0.15) is 0 Å². The highest BCUT2D eigenvalue weighted by atomic mass is 16.2. The summed E-state index contributed by atoms with van der Waals surface area (Å²) < 4.78 is 0. The zero-order chi connectivity index (χ0) is 44.4. The minimum absolute atomic E-state index is 0.300. The number of nitrogens with zero attached hydrogens (tertiary/aromatic N) is 6. The molecule has 16 heteroatoms. The molecule has 0 aliphatic heterocycles. The monoisotopic (exact) mass is 842 g/mol. The normalized spacial score (nSPS) is 10.3. The van der Waals surface area contributed by atoms with Crippen molar-refractivity contribution in [1.29, 1.82) is 0 Å². The number of amides is 4. The number of pyridine rings is 2. The molecule has 64 heavy (non-hydrogen) atoms. The van der Waals surface area contributed by atoms with Crippen molar-refractivity contribution in [3.05, 3.63) is 145 Å². The zero-order valence-electron chi connectivity index (χ0n) is 34.0. The fourth-order valence-electron chi connectivity index (χ4n) is 6.44. The molecule has 6 N–H and O–H groups in total. The molecule has 4 aromatic carbocycles. The molecule has 4 aromatic heterocycles. The smallest absolute Gasteiger partial charge is 0.300 e. The average molecular weight is 843 g/mol. The number of hydrogen-bond acceptors (Lipinski definition) is 12. The molecule has 8 aromatic rings. The molecule has 0 aliphatic rings. The first-order valence-electron chi connectivity index (χ1n) is 19.5. The topological polar surface area (TPSA) is 218 Å². The fourth-order valence-corrected chi connectivity index (χ4v) is 6.44. The summed E-state index contributed by atoms with van der Waals surface area (Å²) in [5.74, 6) is 10.0. The van der Waals surface area contributed by atoms with Gasteiger partial charge in [-0.25, -0.2) is 29.9 Å². The van der Waals surface area contributed by atoms with Crippen LogP contribution >= 0.6 is 0 Å². The fraction of sp³-hybridized carbons (Fsp3) is 0.0417. The molecule has 0 bridgehead atoms. The SMILES string of the molecule is CC#CC(=O)Nc1ccc2ncnc(Nc3ccc(C(=O)Nc4cc(-c5cccc(NC(=O)c6cccc(Nc7ncnc8ccc(NC(=O)C#CC)cc78)c6)n5)ccn4)cc3)c2c1. The molecule has 0 radical (unpaired) electrons. The van der Waals surface area contributed by atoms with Crippen LogP contribution in [0.2, 0.25) is 0 Å². The van der Waals surface area contributed by atoms with Crippen LogP contribution in [0, 0.1) is 23.7 Å². The van der Waals surface area contributed by atoms with Crippen LogP contribution in [0.1, 0.15) is 34.6 Å². The molecule has 0 unspecified atom stereocenters. The molecule has 4 heterocycles. The summed E-state index contributed by atoms with van der Waals surface area (Å²) in [6, 6.07) is 32.9. The van der Waals surface area contributed by atoms with E-state index in [0.29, 0.717) is 90.2 Å². The van der Waals surface area contributed by atoms with Gasteiger partial charge in [0.25, 0.3) is 23.6 Å². The number of aromatic nitrogens is 6. The Hall–Kier alpha value is -9.54. The van der Waals surface area contributed by atoms with Crippen LogP contribution in [0.3, 0.4) is 0 Å². The predicted octanol–water partition coefficient (Wildman–Crippen LogP) is 7.95. The summed E-state index contributed by atoms with van der Waals surface area (Å²) in [4.78, 5) is 77.2. The summed E-state index contributed by atoms with van der Waals surface area (Å²) in [7, 11) is 0. The molecular weight excluding hydrogens is 809 g/mol. The van der Waals surface area contributed by atoms with E-state index in [1.807, 2.05) is 0 Å². The molecule has 0 saturated carbocycles. The molecule has 0 fully saturated rings. The maximum Gasteiger partial charge on any atom is 0.300 e. The summed E-state index contributed by atoms with van der Waals surface area (Å²) >= 11 is 0. The standard InChI is InChI=1S/C48H34N12O4/c1-3-7-43(61)54-34-17-19-39-36(25-34)45(52-27-50-39)56-32-15-13-29(14-16-32)47(63)60-42-24-30(21-22-49-42)38-11-6-12-41(58-38)59-48(64)31-9-5-10-33(23-31)57-46-37-26-35(55-44(62)8-4-2)18-20-40(37)51-28-53-46/h5-6,9-28H,1-2H3,(H,54,61)(H,55,62)(H,49,60,63)(H,50,52,56)(H,51,53,57)(H,58,59,64). The van der Waals surface area contributed by atoms with Crippen LogP contribution in [0.5, 0.6) is 0 Å². The number of nitrogens with one attached hydrogen (secondary N) is 6. The average Bonchev–Trinajstić information content (AvgIpc) is 3.30. The zero-order valence-corrected chi connectivity index (χ0v) is 34.0. The van der Waals surface area contributed by atoms with E-state index in [0.717, 1.165) is 0 Å². The lowest BCUT2D eigenvalue weighted by atomic mass is 10.1. The molecule has 16 nitrogen and oxygen atoms in total. The van der Waals surface area contributed by atoms with Gasteiger partial charge in [0, 0.05) is 56.4 Å². The molecule has 310 valence electrons. The summed E-state index contributed by atoms with van der Waals surface area (Å²) in [6.45, 7) is 3.17. The van der Waals surface area contributed by atoms with Crippen LogP contribution in [0.15, 0.2) is 134 Å². The van der Waals surface area contributed by atoms with Crippen molar-refractivity contribution in [2.24, 2.45) is 0 Å². The number of anilines is 8. The van der Waals surface area contributed by atoms with E-state index >= 15 is 0 Å². The Balaban J connectivity index is 0.909. The summed E-state index contributed by atoms with van der Waals surface area (Å²) in [5.41, 5.74) is 5.60. The third-order valence-corrected chi connectivity index (χ3v) is 9.35. The largest absolute Gasteiger partial charge is 0.340 e. The van der Waals surface area contributed by atoms with Crippen LogP contribution in [-0.4, -0.2) is 53.5 Å². The molecule has 4 amide bonds. The minimum Gasteiger partial charge on any atom is -0.340 e. The first-order valence-corrected chi connectivity index (χ1v) is 19.5. The third kappa shape index (κ3) is 9.90. The van der Waals surface area contributed by atoms with Gasteiger partial charge in [-0.05, 0) is 129 Å². The van der Waals surface area contributed by atoms with Gasteiger partial charge in [0.15, 0.2) is 0 Å². The van der Waals surface area contributed by atoms with Crippen LogP contribution < -0.4 is 31.9 Å². The van der Waals surface area contributed by atoms with Gasteiger partial charge < -0.3 is 31.9 Å². The highest BCUT2D eigenvalue weighted by Gasteiger charge is 2.14. The Morgan fingerprint density at radius 2 is 1.06 bits per heavy atom. The van der Waals surface area contributed by atoms with Crippen molar-refractivity contribution < 1.29 is 19.2 Å². The number of hydrogen-bond donors (Lipinski definition) is 6. The molecular formula is C48H34N12O4. The highest BCUT2D eigenvalue weighted by Crippen LogP contribution is 2.29. The number of carbonyl (C=O) groups is 4. The van der Waals surface area contributed by atoms with Gasteiger partial charge >= 0.3 is 0 Å². The maximum absolute atomic E-state index is 13.5. The quantitative estimate of drug-likeness (QED) is 0.0684. The molecule has 0 spiro atoms. The van der Waals surface area contributed by atoms with Crippen molar-refractivity contribution in [2.75, 3.05) is 31.9 Å². The van der Waals surface area contributed by atoms with Crippen molar-refractivity contribution >= 4 is 91.5 Å². The first-order chi connectivity index (χ1) is 31.2. The number of fused-ring (bicyclic) bond motifs is 2. The Kier molecular flexibility index (Phi) is 12.1. The van der Waals surface area contributed by atoms with Crippen LogP contribution in [0.25, 0.3) is 33.1 Å². The molecule has 0 aliphatic carbocycles. The Bertz CT molecular complexity index is 3260. The lowest BCUT2D eigenvalue weighted by Gasteiger charge is -2.12.